The van der Waals surface area contributed by atoms with E-state index in [-0.39, 0.29) is 24.8 Å². The molecule has 2 rings (SSSR count). The summed E-state index contributed by atoms with van der Waals surface area (Å²) in [6.45, 7) is 6.90. The van der Waals surface area contributed by atoms with Crippen LogP contribution in [0.4, 0.5) is 4.79 Å². The molecule has 0 radical (unpaired) electrons. The van der Waals surface area contributed by atoms with Crippen molar-refractivity contribution < 1.29 is 14.6 Å². The second-order valence-corrected chi connectivity index (χ2v) is 6.73. The number of benzene rings is 1. The minimum atomic E-state index is -0.376. The highest BCUT2D eigenvalue weighted by Crippen LogP contribution is 2.13. The maximum Gasteiger partial charge on any atom is 0.407 e. The van der Waals surface area contributed by atoms with Crippen LogP contribution in [0.15, 0.2) is 30.3 Å². The Balaban J connectivity index is 1.80. The fourth-order valence-electron chi connectivity index (χ4n) is 2.97. The van der Waals surface area contributed by atoms with Gasteiger partial charge in [-0.25, -0.2) is 4.79 Å². The van der Waals surface area contributed by atoms with E-state index in [1.807, 2.05) is 30.3 Å². The van der Waals surface area contributed by atoms with Gasteiger partial charge in [0.1, 0.15) is 6.61 Å². The quantitative estimate of drug-likeness (QED) is 0.810. The zero-order chi connectivity index (χ0) is 16.7. The summed E-state index contributed by atoms with van der Waals surface area (Å²) in [5.41, 5.74) is 0.978. The summed E-state index contributed by atoms with van der Waals surface area (Å²) in [6, 6.07) is 9.71. The van der Waals surface area contributed by atoms with Crippen LogP contribution in [0.2, 0.25) is 0 Å². The number of amides is 1. The molecule has 5 nitrogen and oxygen atoms in total. The van der Waals surface area contributed by atoms with Gasteiger partial charge < -0.3 is 15.2 Å². The van der Waals surface area contributed by atoms with Gasteiger partial charge >= 0.3 is 6.09 Å². The predicted molar refractivity (Wildman–Crippen MR) is 90.1 cm³/mol. The summed E-state index contributed by atoms with van der Waals surface area (Å²) in [7, 11) is 0. The number of carbonyl (C=O) groups is 1. The molecule has 0 bridgehead atoms. The summed E-state index contributed by atoms with van der Waals surface area (Å²) in [5.74, 6) is 0.488. The molecule has 0 aliphatic carbocycles. The Hall–Kier alpha value is -1.59. The van der Waals surface area contributed by atoms with Crippen LogP contribution in [0.3, 0.4) is 0 Å². The van der Waals surface area contributed by atoms with Crippen molar-refractivity contribution in [3.8, 4) is 0 Å². The van der Waals surface area contributed by atoms with Crippen molar-refractivity contribution in [2.45, 2.75) is 45.4 Å². The zero-order valence-corrected chi connectivity index (χ0v) is 14.1. The van der Waals surface area contributed by atoms with Crippen molar-refractivity contribution in [2.24, 2.45) is 5.92 Å². The smallest absolute Gasteiger partial charge is 0.407 e. The first-order chi connectivity index (χ1) is 11.0. The van der Waals surface area contributed by atoms with Crippen LogP contribution < -0.4 is 5.32 Å². The molecule has 1 amide bonds. The van der Waals surface area contributed by atoms with E-state index in [0.717, 1.165) is 31.5 Å². The summed E-state index contributed by atoms with van der Waals surface area (Å²) >= 11 is 0. The molecule has 1 aromatic rings. The number of carbonyl (C=O) groups excluding carboxylic acids is 1. The van der Waals surface area contributed by atoms with Crippen LogP contribution in [-0.2, 0) is 11.3 Å². The molecule has 0 spiro atoms. The largest absolute Gasteiger partial charge is 0.445 e. The molecular weight excluding hydrogens is 292 g/mol. The van der Waals surface area contributed by atoms with Crippen molar-refractivity contribution in [3.05, 3.63) is 35.9 Å². The number of likely N-dealkylation sites (tertiary alicyclic amines) is 1. The molecule has 1 aromatic carbocycles. The lowest BCUT2D eigenvalue weighted by atomic mass is 10.0. The summed E-state index contributed by atoms with van der Waals surface area (Å²) in [5, 5.41) is 12.6. The monoisotopic (exact) mass is 320 g/mol. The fourth-order valence-corrected chi connectivity index (χ4v) is 2.97. The molecule has 1 unspecified atom stereocenters. The molecular formula is C18H28N2O3. The number of alkyl carbamates (subject to hydrolysis) is 1. The Morgan fingerprint density at radius 2 is 2.13 bits per heavy atom. The first-order valence-electron chi connectivity index (χ1n) is 8.40. The van der Waals surface area contributed by atoms with Gasteiger partial charge in [-0.15, -0.1) is 0 Å². The van der Waals surface area contributed by atoms with Gasteiger partial charge in [0.05, 0.1) is 6.10 Å². The molecule has 128 valence electrons. The number of nitrogens with zero attached hydrogens (tertiary/aromatic N) is 1. The lowest BCUT2D eigenvalue weighted by Gasteiger charge is -2.25. The van der Waals surface area contributed by atoms with E-state index in [9.17, 15) is 9.90 Å². The average Bonchev–Trinajstić information content (AvgIpc) is 2.90. The minimum Gasteiger partial charge on any atom is -0.445 e. The summed E-state index contributed by atoms with van der Waals surface area (Å²) in [6.07, 6.45) is 1.10. The number of hydrogen-bond acceptors (Lipinski definition) is 4. The van der Waals surface area contributed by atoms with E-state index in [1.165, 1.54) is 0 Å². The van der Waals surface area contributed by atoms with E-state index >= 15 is 0 Å². The fraction of sp³-hybridized carbons (Fsp3) is 0.611. The molecule has 2 atom stereocenters. The van der Waals surface area contributed by atoms with E-state index in [1.54, 1.807) is 0 Å². The van der Waals surface area contributed by atoms with Gasteiger partial charge in [0.25, 0.3) is 0 Å². The molecule has 5 heteroatoms. The Labute approximate surface area is 138 Å². The average molecular weight is 320 g/mol. The third kappa shape index (κ3) is 6.59. The van der Waals surface area contributed by atoms with Crippen molar-refractivity contribution in [1.82, 2.24) is 10.2 Å². The minimum absolute atomic E-state index is 0.0450. The van der Waals surface area contributed by atoms with E-state index in [0.29, 0.717) is 12.5 Å². The number of nitrogens with one attached hydrogen (secondary N) is 1. The van der Waals surface area contributed by atoms with Crippen molar-refractivity contribution in [3.63, 3.8) is 0 Å². The van der Waals surface area contributed by atoms with Crippen molar-refractivity contribution in [1.29, 1.82) is 0 Å². The molecule has 0 saturated carbocycles. The third-order valence-electron chi connectivity index (χ3n) is 4.02. The SMILES string of the molecule is CC(C)C[C@@H](CN1CCC(O)C1)NC(=O)OCc1ccccc1. The van der Waals surface area contributed by atoms with Gasteiger partial charge in [-0.05, 0) is 24.3 Å². The van der Waals surface area contributed by atoms with Crippen LogP contribution in [0.1, 0.15) is 32.3 Å². The van der Waals surface area contributed by atoms with Gasteiger partial charge in [0, 0.05) is 25.7 Å². The van der Waals surface area contributed by atoms with Crippen molar-refractivity contribution >= 4 is 6.09 Å². The maximum absolute atomic E-state index is 12.0. The van der Waals surface area contributed by atoms with Crippen LogP contribution in [0.25, 0.3) is 0 Å². The number of rotatable bonds is 7. The Morgan fingerprint density at radius 3 is 2.74 bits per heavy atom. The first-order valence-corrected chi connectivity index (χ1v) is 8.40. The van der Waals surface area contributed by atoms with Crippen LogP contribution in [0.5, 0.6) is 0 Å². The lowest BCUT2D eigenvalue weighted by Crippen LogP contribution is -2.44. The number of β-amino-alcohol motifs (C(OH)–C–C–N with tert-alkyl or cyclic N) is 1. The maximum atomic E-state index is 12.0. The Bertz CT molecular complexity index is 478. The molecule has 1 fully saturated rings. The van der Waals surface area contributed by atoms with Gasteiger partial charge in [-0.1, -0.05) is 44.2 Å². The van der Waals surface area contributed by atoms with Gasteiger partial charge in [-0.2, -0.15) is 0 Å². The standard InChI is InChI=1S/C18H28N2O3/c1-14(2)10-16(11-20-9-8-17(21)12-20)19-18(22)23-13-15-6-4-3-5-7-15/h3-7,14,16-17,21H,8-13H2,1-2H3,(H,19,22)/t16-,17?/m0/s1. The molecule has 2 N–H and O–H groups in total. The van der Waals surface area contributed by atoms with Gasteiger partial charge in [0.2, 0.25) is 0 Å². The highest BCUT2D eigenvalue weighted by atomic mass is 16.5. The second kappa shape index (κ2) is 8.89. The highest BCUT2D eigenvalue weighted by Gasteiger charge is 2.24. The normalized spacial score (nSPS) is 19.7. The van der Waals surface area contributed by atoms with Crippen LogP contribution in [0, 0.1) is 5.92 Å². The molecule has 1 aliphatic heterocycles. The molecule has 1 saturated heterocycles. The van der Waals surface area contributed by atoms with Crippen molar-refractivity contribution in [2.75, 3.05) is 19.6 Å². The van der Waals surface area contributed by atoms with Gasteiger partial charge in [-0.3, -0.25) is 4.90 Å². The molecule has 1 aliphatic rings. The summed E-state index contributed by atoms with van der Waals surface area (Å²) in [4.78, 5) is 14.2. The van der Waals surface area contributed by atoms with E-state index in [2.05, 4.69) is 24.1 Å². The number of aliphatic hydroxyl groups is 1. The lowest BCUT2D eigenvalue weighted by molar-refractivity contribution is 0.129. The summed E-state index contributed by atoms with van der Waals surface area (Å²) < 4.78 is 5.31. The number of ether oxygens (including phenoxy) is 1. The zero-order valence-electron chi connectivity index (χ0n) is 14.1. The first kappa shape index (κ1) is 17.8. The Kier molecular flexibility index (Phi) is 6.86. The van der Waals surface area contributed by atoms with Crippen LogP contribution >= 0.6 is 0 Å². The number of aliphatic hydroxyl groups excluding tert-OH is 1. The van der Waals surface area contributed by atoms with Gasteiger partial charge in [0.15, 0.2) is 0 Å². The second-order valence-electron chi connectivity index (χ2n) is 6.73. The highest BCUT2D eigenvalue weighted by molar-refractivity contribution is 5.67. The van der Waals surface area contributed by atoms with E-state index in [4.69, 9.17) is 4.74 Å². The molecule has 0 aromatic heterocycles. The molecule has 23 heavy (non-hydrogen) atoms. The third-order valence-corrected chi connectivity index (χ3v) is 4.02. The molecule has 1 heterocycles. The number of hydrogen-bond donors (Lipinski definition) is 2. The Morgan fingerprint density at radius 1 is 1.39 bits per heavy atom. The van der Waals surface area contributed by atoms with E-state index < -0.39 is 0 Å². The predicted octanol–water partition coefficient (Wildman–Crippen LogP) is 2.39. The topological polar surface area (TPSA) is 61.8 Å². The van der Waals surface area contributed by atoms with Crippen LogP contribution in [-0.4, -0.2) is 47.9 Å².